The molecular weight excluding hydrogens is 513 g/mol. The number of carbonyl (C=O) groups is 1. The minimum Gasteiger partial charge on any atom is -0.356 e. The Morgan fingerprint density at radius 3 is 2.56 bits per heavy atom. The van der Waals surface area contributed by atoms with Crippen molar-refractivity contribution in [2.75, 3.05) is 52.9 Å². The van der Waals surface area contributed by atoms with Gasteiger partial charge in [0.05, 0.1) is 0 Å². The average molecular weight is 556 g/mol. The molecule has 1 aromatic carbocycles. The normalized spacial score (nSPS) is 19.7. The molecule has 1 atom stereocenters. The van der Waals surface area contributed by atoms with Crippen molar-refractivity contribution < 1.29 is 4.79 Å². The highest BCUT2D eigenvalue weighted by molar-refractivity contribution is 14.0. The number of guanidine groups is 1. The molecule has 2 fully saturated rings. The molecule has 0 aromatic heterocycles. The molecule has 2 heterocycles. The highest BCUT2D eigenvalue weighted by Crippen LogP contribution is 2.17. The summed E-state index contributed by atoms with van der Waals surface area (Å²) < 4.78 is 0. The highest BCUT2D eigenvalue weighted by Gasteiger charge is 2.29. The van der Waals surface area contributed by atoms with E-state index in [9.17, 15) is 4.79 Å². The van der Waals surface area contributed by atoms with Crippen LogP contribution >= 0.6 is 24.0 Å². The molecule has 0 saturated carbocycles. The van der Waals surface area contributed by atoms with Gasteiger partial charge in [-0.05, 0) is 57.3 Å². The fraction of sp³-hybridized carbons (Fsp3) is 0.680. The Morgan fingerprint density at radius 1 is 1.03 bits per heavy atom. The van der Waals surface area contributed by atoms with Gasteiger partial charge >= 0.3 is 0 Å². The van der Waals surface area contributed by atoms with Crippen LogP contribution in [0.25, 0.3) is 0 Å². The van der Waals surface area contributed by atoms with E-state index >= 15 is 0 Å². The van der Waals surface area contributed by atoms with E-state index in [1.807, 2.05) is 18.0 Å². The van der Waals surface area contributed by atoms with Gasteiger partial charge in [0.2, 0.25) is 5.91 Å². The first-order valence-electron chi connectivity index (χ1n) is 12.2. The Bertz CT molecular complexity index is 678. The number of aliphatic imine (C=N–C) groups is 1. The number of piperidine rings is 1. The van der Waals surface area contributed by atoms with Crippen LogP contribution in [0.3, 0.4) is 0 Å². The van der Waals surface area contributed by atoms with Crippen LogP contribution in [0, 0.1) is 5.92 Å². The molecule has 2 aliphatic heterocycles. The first-order chi connectivity index (χ1) is 15.2. The topological polar surface area (TPSA) is 60.0 Å². The number of amides is 1. The molecule has 7 heteroatoms. The lowest BCUT2D eigenvalue weighted by molar-refractivity contribution is -0.127. The third kappa shape index (κ3) is 9.65. The van der Waals surface area contributed by atoms with E-state index < -0.39 is 0 Å². The number of rotatable bonds is 11. The molecule has 2 saturated heterocycles. The average Bonchev–Trinajstić information content (AvgIpc) is 3.17. The van der Waals surface area contributed by atoms with Gasteiger partial charge in [0.15, 0.2) is 5.96 Å². The molecule has 2 N–H and O–H groups in total. The maximum atomic E-state index is 12.4. The van der Waals surface area contributed by atoms with Crippen LogP contribution in [0.15, 0.2) is 35.3 Å². The van der Waals surface area contributed by atoms with Crippen LogP contribution in [-0.4, -0.2) is 74.5 Å². The molecule has 1 unspecified atom stereocenters. The Labute approximate surface area is 211 Å². The van der Waals surface area contributed by atoms with Gasteiger partial charge in [-0.3, -0.25) is 9.79 Å². The second-order valence-electron chi connectivity index (χ2n) is 8.99. The smallest absolute Gasteiger partial charge is 0.223 e. The molecule has 0 radical (unpaired) electrons. The number of benzene rings is 1. The fourth-order valence-electron chi connectivity index (χ4n) is 4.60. The van der Waals surface area contributed by atoms with Gasteiger partial charge in [-0.1, -0.05) is 43.2 Å². The van der Waals surface area contributed by atoms with E-state index in [0.717, 1.165) is 38.6 Å². The van der Waals surface area contributed by atoms with Gasteiger partial charge in [0.25, 0.3) is 0 Å². The van der Waals surface area contributed by atoms with E-state index in [0.29, 0.717) is 12.3 Å². The minimum atomic E-state index is 0. The largest absolute Gasteiger partial charge is 0.356 e. The lowest BCUT2D eigenvalue weighted by atomic mass is 10.1. The third-order valence-corrected chi connectivity index (χ3v) is 6.48. The van der Waals surface area contributed by atoms with Crippen molar-refractivity contribution in [3.05, 3.63) is 35.9 Å². The minimum absolute atomic E-state index is 0. The number of hydrogen-bond donors (Lipinski definition) is 2. The van der Waals surface area contributed by atoms with Crippen molar-refractivity contribution in [2.24, 2.45) is 10.9 Å². The molecule has 3 rings (SSSR count). The maximum Gasteiger partial charge on any atom is 0.223 e. The SMILES string of the molecule is CN=C(NCCCCCN1CCCCC1)NCC1CC(=O)N(CCc2ccccc2)C1.I. The van der Waals surface area contributed by atoms with Crippen molar-refractivity contribution in [3.63, 3.8) is 0 Å². The lowest BCUT2D eigenvalue weighted by Crippen LogP contribution is -2.40. The van der Waals surface area contributed by atoms with Gasteiger partial charge in [-0.2, -0.15) is 0 Å². The van der Waals surface area contributed by atoms with Gasteiger partial charge < -0.3 is 20.4 Å². The number of unbranched alkanes of at least 4 members (excludes halogenated alkanes) is 2. The predicted octanol–water partition coefficient (Wildman–Crippen LogP) is 3.52. The predicted molar refractivity (Wildman–Crippen MR) is 144 cm³/mol. The molecule has 0 spiro atoms. The quantitative estimate of drug-likeness (QED) is 0.190. The number of likely N-dealkylation sites (tertiary alicyclic amines) is 2. The van der Waals surface area contributed by atoms with Crippen LogP contribution in [0.1, 0.15) is 50.5 Å². The molecule has 0 bridgehead atoms. The van der Waals surface area contributed by atoms with E-state index in [-0.39, 0.29) is 29.9 Å². The third-order valence-electron chi connectivity index (χ3n) is 6.48. The van der Waals surface area contributed by atoms with E-state index in [1.54, 1.807) is 0 Å². The van der Waals surface area contributed by atoms with Crippen molar-refractivity contribution in [1.82, 2.24) is 20.4 Å². The van der Waals surface area contributed by atoms with E-state index in [2.05, 4.69) is 44.8 Å². The van der Waals surface area contributed by atoms with Crippen molar-refractivity contribution in [2.45, 2.75) is 51.4 Å². The summed E-state index contributed by atoms with van der Waals surface area (Å²) in [5.74, 6) is 1.48. The highest BCUT2D eigenvalue weighted by atomic mass is 127. The standard InChI is InChI=1S/C25H41N5O.HI/c1-26-25(27-14-7-3-8-15-29-16-9-4-10-17-29)28-20-23-19-24(31)30(21-23)18-13-22-11-5-2-6-12-22;/h2,5-6,11-12,23H,3-4,7-10,13-21H2,1H3,(H2,26,27,28);1H. The van der Waals surface area contributed by atoms with Crippen LogP contribution in [0.2, 0.25) is 0 Å². The summed E-state index contributed by atoms with van der Waals surface area (Å²) in [6.07, 6.45) is 9.44. The first kappa shape index (κ1) is 26.9. The molecule has 1 aromatic rings. The van der Waals surface area contributed by atoms with Crippen LogP contribution in [0.4, 0.5) is 0 Å². The number of hydrogen-bond acceptors (Lipinski definition) is 3. The van der Waals surface area contributed by atoms with E-state index in [4.69, 9.17) is 0 Å². The zero-order valence-corrected chi connectivity index (χ0v) is 22.1. The van der Waals surface area contributed by atoms with Gasteiger partial charge in [-0.25, -0.2) is 0 Å². The fourth-order valence-corrected chi connectivity index (χ4v) is 4.60. The molecule has 32 heavy (non-hydrogen) atoms. The molecule has 0 aliphatic carbocycles. The van der Waals surface area contributed by atoms with Crippen LogP contribution in [0.5, 0.6) is 0 Å². The number of carbonyl (C=O) groups excluding carboxylic acids is 1. The molecule has 180 valence electrons. The van der Waals surface area contributed by atoms with Crippen LogP contribution < -0.4 is 10.6 Å². The second-order valence-corrected chi connectivity index (χ2v) is 8.99. The molecule has 6 nitrogen and oxygen atoms in total. The maximum absolute atomic E-state index is 12.4. The Morgan fingerprint density at radius 2 is 1.81 bits per heavy atom. The summed E-state index contributed by atoms with van der Waals surface area (Å²) in [6, 6.07) is 10.4. The van der Waals surface area contributed by atoms with E-state index in [1.165, 1.54) is 63.7 Å². The van der Waals surface area contributed by atoms with Gasteiger partial charge in [0.1, 0.15) is 0 Å². The first-order valence-corrected chi connectivity index (χ1v) is 12.2. The molecule has 2 aliphatic rings. The zero-order chi connectivity index (χ0) is 21.7. The Balaban J connectivity index is 0.00000363. The zero-order valence-electron chi connectivity index (χ0n) is 19.7. The summed E-state index contributed by atoms with van der Waals surface area (Å²) in [5.41, 5.74) is 1.29. The summed E-state index contributed by atoms with van der Waals surface area (Å²) in [5, 5.41) is 6.85. The summed E-state index contributed by atoms with van der Waals surface area (Å²) in [7, 11) is 1.82. The van der Waals surface area contributed by atoms with Gasteiger partial charge in [-0.15, -0.1) is 24.0 Å². The molecule has 1 amide bonds. The van der Waals surface area contributed by atoms with Crippen molar-refractivity contribution in [3.8, 4) is 0 Å². The lowest BCUT2D eigenvalue weighted by Gasteiger charge is -2.26. The van der Waals surface area contributed by atoms with Gasteiger partial charge in [0, 0.05) is 45.6 Å². The Kier molecular flexibility index (Phi) is 13.0. The molecular formula is C25H42IN5O. The number of halogens is 1. The number of nitrogens with one attached hydrogen (secondary N) is 2. The summed E-state index contributed by atoms with van der Waals surface area (Å²) in [6.45, 7) is 7.23. The number of nitrogens with zero attached hydrogens (tertiary/aromatic N) is 3. The monoisotopic (exact) mass is 555 g/mol. The van der Waals surface area contributed by atoms with Crippen molar-refractivity contribution in [1.29, 1.82) is 0 Å². The van der Waals surface area contributed by atoms with Crippen molar-refractivity contribution >= 4 is 35.8 Å². The second kappa shape index (κ2) is 15.5. The summed E-state index contributed by atoms with van der Waals surface area (Å²) >= 11 is 0. The Hall–Kier alpha value is -1.35. The summed E-state index contributed by atoms with van der Waals surface area (Å²) in [4.78, 5) is 21.3. The van der Waals surface area contributed by atoms with Crippen LogP contribution in [-0.2, 0) is 11.2 Å².